The van der Waals surface area contributed by atoms with Crippen LogP contribution in [0.4, 0.5) is 0 Å². The molecule has 1 unspecified atom stereocenters. The van der Waals surface area contributed by atoms with Crippen LogP contribution in [0.5, 0.6) is 0 Å². The highest BCUT2D eigenvalue weighted by Gasteiger charge is 2.24. The van der Waals surface area contributed by atoms with E-state index < -0.39 is 0 Å². The predicted molar refractivity (Wildman–Crippen MR) is 96.7 cm³/mol. The Morgan fingerprint density at radius 3 is 2.68 bits per heavy atom. The van der Waals surface area contributed by atoms with Gasteiger partial charge in [0.1, 0.15) is 0 Å². The second-order valence-corrected chi connectivity index (χ2v) is 8.58. The molecule has 0 aromatic heterocycles. The van der Waals surface area contributed by atoms with Crippen LogP contribution in [0.25, 0.3) is 0 Å². The molecule has 122 valence electrons. The van der Waals surface area contributed by atoms with Gasteiger partial charge in [0.15, 0.2) is 0 Å². The van der Waals surface area contributed by atoms with Crippen molar-refractivity contribution in [2.24, 2.45) is 5.92 Å². The van der Waals surface area contributed by atoms with E-state index in [1.165, 1.54) is 68.9 Å². The molecule has 0 aliphatic carbocycles. The molecule has 2 fully saturated rings. The van der Waals surface area contributed by atoms with Crippen LogP contribution in [0.2, 0.25) is 0 Å². The van der Waals surface area contributed by atoms with Crippen molar-refractivity contribution in [2.75, 3.05) is 39.8 Å². The van der Waals surface area contributed by atoms with Crippen molar-refractivity contribution in [3.63, 3.8) is 0 Å². The zero-order valence-electron chi connectivity index (χ0n) is 14.1. The van der Waals surface area contributed by atoms with Gasteiger partial charge in [0.05, 0.1) is 0 Å². The van der Waals surface area contributed by atoms with Crippen molar-refractivity contribution in [3.8, 4) is 0 Å². The summed E-state index contributed by atoms with van der Waals surface area (Å²) in [6.07, 6.45) is 5.52. The molecule has 22 heavy (non-hydrogen) atoms. The molecule has 1 aromatic rings. The molecular formula is C19H30N2S. The maximum Gasteiger partial charge on any atom is 0.0119 e. The van der Waals surface area contributed by atoms with Crippen LogP contribution in [0.15, 0.2) is 29.2 Å². The van der Waals surface area contributed by atoms with E-state index in [2.05, 4.69) is 59.8 Å². The number of rotatable bonds is 4. The van der Waals surface area contributed by atoms with Gasteiger partial charge >= 0.3 is 0 Å². The Hall–Kier alpha value is -0.510. The fraction of sp³-hybridized carbons (Fsp3) is 0.684. The maximum absolute atomic E-state index is 2.72. The van der Waals surface area contributed by atoms with Crippen LogP contribution in [-0.2, 0) is 0 Å². The highest BCUT2D eigenvalue weighted by Crippen LogP contribution is 2.31. The Morgan fingerprint density at radius 2 is 1.95 bits per heavy atom. The largest absolute Gasteiger partial charge is 0.306 e. The average molecular weight is 319 g/mol. The van der Waals surface area contributed by atoms with Crippen LogP contribution in [0.1, 0.15) is 31.2 Å². The van der Waals surface area contributed by atoms with Gasteiger partial charge in [0, 0.05) is 23.2 Å². The zero-order valence-corrected chi connectivity index (χ0v) is 14.9. The maximum atomic E-state index is 2.72. The lowest BCUT2D eigenvalue weighted by Gasteiger charge is -2.37. The first-order chi connectivity index (χ1) is 10.7. The highest BCUT2D eigenvalue weighted by atomic mass is 32.2. The summed E-state index contributed by atoms with van der Waals surface area (Å²) in [5.41, 5.74) is 1.38. The number of nitrogens with zero attached hydrogens (tertiary/aromatic N) is 2. The number of thioether (sulfide) groups is 1. The third-order valence-electron chi connectivity index (χ3n) is 5.07. The van der Waals surface area contributed by atoms with E-state index in [-0.39, 0.29) is 0 Å². The third kappa shape index (κ3) is 4.74. The van der Waals surface area contributed by atoms with E-state index >= 15 is 0 Å². The van der Waals surface area contributed by atoms with Crippen LogP contribution >= 0.6 is 11.8 Å². The van der Waals surface area contributed by atoms with Gasteiger partial charge in [-0.3, -0.25) is 0 Å². The van der Waals surface area contributed by atoms with Gasteiger partial charge in [-0.05, 0) is 77.3 Å². The third-order valence-corrected chi connectivity index (χ3v) is 6.40. The number of aryl methyl sites for hydroxylation is 1. The summed E-state index contributed by atoms with van der Waals surface area (Å²) in [5, 5.41) is 0.812. The molecule has 3 heteroatoms. The number of benzene rings is 1. The molecule has 2 aliphatic rings. The Kier molecular flexibility index (Phi) is 5.83. The number of hydrogen-bond donors (Lipinski definition) is 0. The lowest BCUT2D eigenvalue weighted by atomic mass is 9.97. The number of piperidine rings is 2. The van der Waals surface area contributed by atoms with Gasteiger partial charge < -0.3 is 9.80 Å². The average Bonchev–Trinajstić information content (AvgIpc) is 2.49. The molecule has 0 amide bonds. The SMILES string of the molecule is Cc1cccc(SC2CCN(CC3CCCN(C)C3)CC2)c1. The monoisotopic (exact) mass is 318 g/mol. The molecule has 1 aromatic carbocycles. The molecule has 2 nitrogen and oxygen atoms in total. The van der Waals surface area contributed by atoms with Crippen molar-refractivity contribution in [1.29, 1.82) is 0 Å². The molecule has 0 N–H and O–H groups in total. The van der Waals surface area contributed by atoms with Crippen molar-refractivity contribution in [2.45, 2.75) is 42.8 Å². The minimum Gasteiger partial charge on any atom is -0.306 e. The molecule has 0 radical (unpaired) electrons. The van der Waals surface area contributed by atoms with E-state index in [1.54, 1.807) is 0 Å². The van der Waals surface area contributed by atoms with Gasteiger partial charge in [-0.25, -0.2) is 0 Å². The summed E-state index contributed by atoms with van der Waals surface area (Å²) in [5.74, 6) is 0.903. The van der Waals surface area contributed by atoms with Crippen molar-refractivity contribution < 1.29 is 0 Å². The van der Waals surface area contributed by atoms with Crippen molar-refractivity contribution in [1.82, 2.24) is 9.80 Å². The number of hydrogen-bond acceptors (Lipinski definition) is 3. The standard InChI is InChI=1S/C19H30N2S/c1-16-5-3-7-19(13-16)22-18-8-11-21(12-9-18)15-17-6-4-10-20(2)14-17/h3,5,7,13,17-18H,4,6,8-12,14-15H2,1-2H3. The molecule has 2 heterocycles. The first-order valence-electron chi connectivity index (χ1n) is 8.83. The van der Waals surface area contributed by atoms with Gasteiger partial charge in [-0.1, -0.05) is 17.7 Å². The zero-order chi connectivity index (χ0) is 15.4. The Morgan fingerprint density at radius 1 is 1.14 bits per heavy atom. The summed E-state index contributed by atoms with van der Waals surface area (Å²) in [6, 6.07) is 8.97. The van der Waals surface area contributed by atoms with Gasteiger partial charge in [0.2, 0.25) is 0 Å². The van der Waals surface area contributed by atoms with Crippen LogP contribution in [0.3, 0.4) is 0 Å². The molecule has 2 aliphatic heterocycles. The predicted octanol–water partition coefficient (Wildman–Crippen LogP) is 3.89. The second kappa shape index (κ2) is 7.85. The van der Waals surface area contributed by atoms with Crippen LogP contribution in [0, 0.1) is 12.8 Å². The summed E-state index contributed by atoms with van der Waals surface area (Å²) in [6.45, 7) is 8.71. The summed E-state index contributed by atoms with van der Waals surface area (Å²) in [4.78, 5) is 6.68. The molecule has 2 saturated heterocycles. The highest BCUT2D eigenvalue weighted by molar-refractivity contribution is 8.00. The fourth-order valence-corrected chi connectivity index (χ4v) is 5.12. The minimum absolute atomic E-state index is 0.812. The molecular weight excluding hydrogens is 288 g/mol. The first kappa shape index (κ1) is 16.4. The quantitative estimate of drug-likeness (QED) is 0.831. The molecule has 0 spiro atoms. The lowest BCUT2D eigenvalue weighted by Crippen LogP contribution is -2.42. The smallest absolute Gasteiger partial charge is 0.0119 e. The number of likely N-dealkylation sites (tertiary alicyclic amines) is 2. The van der Waals surface area contributed by atoms with Crippen molar-refractivity contribution >= 4 is 11.8 Å². The molecule has 0 bridgehead atoms. The van der Waals surface area contributed by atoms with Gasteiger partial charge in [-0.2, -0.15) is 0 Å². The van der Waals surface area contributed by atoms with E-state index in [4.69, 9.17) is 0 Å². The Bertz CT molecular complexity index is 468. The summed E-state index contributed by atoms with van der Waals surface area (Å²) < 4.78 is 0. The van der Waals surface area contributed by atoms with Gasteiger partial charge in [-0.15, -0.1) is 11.8 Å². The summed E-state index contributed by atoms with van der Waals surface area (Å²) in [7, 11) is 2.27. The van der Waals surface area contributed by atoms with E-state index in [9.17, 15) is 0 Å². The molecule has 1 atom stereocenters. The Balaban J connectivity index is 1.42. The van der Waals surface area contributed by atoms with Gasteiger partial charge in [0.25, 0.3) is 0 Å². The second-order valence-electron chi connectivity index (χ2n) is 7.20. The van der Waals surface area contributed by atoms with Crippen LogP contribution < -0.4 is 0 Å². The molecule has 3 rings (SSSR count). The van der Waals surface area contributed by atoms with Crippen LogP contribution in [-0.4, -0.2) is 54.8 Å². The van der Waals surface area contributed by atoms with E-state index in [0.29, 0.717) is 0 Å². The van der Waals surface area contributed by atoms with E-state index in [1.807, 2.05) is 0 Å². The normalized spacial score (nSPS) is 25.5. The first-order valence-corrected chi connectivity index (χ1v) is 9.71. The topological polar surface area (TPSA) is 6.48 Å². The summed E-state index contributed by atoms with van der Waals surface area (Å²) >= 11 is 2.09. The molecule has 0 saturated carbocycles. The van der Waals surface area contributed by atoms with E-state index in [0.717, 1.165) is 11.2 Å². The lowest BCUT2D eigenvalue weighted by molar-refractivity contribution is 0.139. The fourth-order valence-electron chi connectivity index (χ4n) is 3.88. The van der Waals surface area contributed by atoms with Crippen molar-refractivity contribution in [3.05, 3.63) is 29.8 Å². The minimum atomic E-state index is 0.812. The Labute approximate surface area is 140 Å².